The van der Waals surface area contributed by atoms with Crippen LogP contribution >= 0.6 is 0 Å². The van der Waals surface area contributed by atoms with Crippen molar-refractivity contribution in [2.45, 2.75) is 68.9 Å². The number of aliphatic carboxylic acids is 1. The molecule has 0 spiro atoms. The molecule has 0 aliphatic heterocycles. The molecular weight excluding hydrogens is 444 g/mol. The van der Waals surface area contributed by atoms with Crippen molar-refractivity contribution >= 4 is 18.0 Å². The van der Waals surface area contributed by atoms with Crippen LogP contribution in [0.4, 0.5) is 4.79 Å². The maximum Gasteiger partial charge on any atom is 0.408 e. The number of carboxylic acids is 1. The summed E-state index contributed by atoms with van der Waals surface area (Å²) >= 11 is 0. The third-order valence-electron chi connectivity index (χ3n) is 7.94. The minimum Gasteiger partial charge on any atom is -0.481 e. The highest BCUT2D eigenvalue weighted by Gasteiger charge is 2.43. The highest BCUT2D eigenvalue weighted by Crippen LogP contribution is 2.44. The van der Waals surface area contributed by atoms with Gasteiger partial charge in [-0.15, -0.1) is 0 Å². The first kappa shape index (κ1) is 23.4. The lowest BCUT2D eigenvalue weighted by Crippen LogP contribution is -2.61. The van der Waals surface area contributed by atoms with Gasteiger partial charge in [-0.2, -0.15) is 0 Å². The van der Waals surface area contributed by atoms with E-state index in [9.17, 15) is 19.5 Å². The van der Waals surface area contributed by atoms with E-state index in [0.717, 1.165) is 41.5 Å². The Morgan fingerprint density at radius 2 is 1.54 bits per heavy atom. The fourth-order valence-corrected chi connectivity index (χ4v) is 6.05. The number of rotatable bonds is 6. The predicted molar refractivity (Wildman–Crippen MR) is 131 cm³/mol. The molecule has 3 N–H and O–H groups in total. The van der Waals surface area contributed by atoms with E-state index in [1.807, 2.05) is 24.3 Å². The van der Waals surface area contributed by atoms with Crippen molar-refractivity contribution < 1.29 is 24.2 Å². The third kappa shape index (κ3) is 4.64. The van der Waals surface area contributed by atoms with Gasteiger partial charge in [-0.3, -0.25) is 9.59 Å². The van der Waals surface area contributed by atoms with Gasteiger partial charge in [-0.25, -0.2) is 4.79 Å². The highest BCUT2D eigenvalue weighted by atomic mass is 16.5. The van der Waals surface area contributed by atoms with Crippen LogP contribution in [0, 0.1) is 5.92 Å². The number of amides is 2. The summed E-state index contributed by atoms with van der Waals surface area (Å²) in [5, 5.41) is 15.2. The summed E-state index contributed by atoms with van der Waals surface area (Å²) in [6.45, 7) is 0.195. The van der Waals surface area contributed by atoms with Gasteiger partial charge in [0.1, 0.15) is 12.1 Å². The average molecular weight is 477 g/mol. The van der Waals surface area contributed by atoms with Crippen LogP contribution in [0.15, 0.2) is 48.5 Å². The van der Waals surface area contributed by atoms with Gasteiger partial charge in [0.15, 0.2) is 0 Å². The van der Waals surface area contributed by atoms with Crippen LogP contribution in [0.3, 0.4) is 0 Å². The zero-order valence-electron chi connectivity index (χ0n) is 19.8. The molecule has 0 heterocycles. The lowest BCUT2D eigenvalue weighted by molar-refractivity contribution is -0.141. The Bertz CT molecular complexity index is 1080. The molecule has 2 fully saturated rings. The second kappa shape index (κ2) is 9.72. The SMILES string of the molecule is O=C(NC1(C(=O)NC2CCC(C(=O)O)C2)CCCCC1)OCC1c2ccccc2-c2ccccc21. The summed E-state index contributed by atoms with van der Waals surface area (Å²) in [7, 11) is 0. The van der Waals surface area contributed by atoms with Gasteiger partial charge >= 0.3 is 12.1 Å². The van der Waals surface area contributed by atoms with E-state index in [-0.39, 0.29) is 24.5 Å². The van der Waals surface area contributed by atoms with Crippen LogP contribution < -0.4 is 10.6 Å². The second-order valence-corrected chi connectivity index (χ2v) is 10.1. The molecule has 2 saturated carbocycles. The smallest absolute Gasteiger partial charge is 0.408 e. The molecule has 184 valence electrons. The number of alkyl carbamates (subject to hydrolysis) is 1. The van der Waals surface area contributed by atoms with Crippen LogP contribution in [0.2, 0.25) is 0 Å². The molecule has 2 amide bonds. The fraction of sp³-hybridized carbons (Fsp3) is 0.464. The zero-order valence-corrected chi connectivity index (χ0v) is 19.8. The summed E-state index contributed by atoms with van der Waals surface area (Å²) in [6, 6.07) is 16.2. The first-order valence-electron chi connectivity index (χ1n) is 12.6. The number of hydrogen-bond acceptors (Lipinski definition) is 4. The molecule has 5 rings (SSSR count). The number of ether oxygens (including phenoxy) is 1. The maximum atomic E-state index is 13.3. The fourth-order valence-electron chi connectivity index (χ4n) is 6.05. The number of nitrogens with one attached hydrogen (secondary N) is 2. The van der Waals surface area contributed by atoms with Gasteiger partial charge < -0.3 is 20.5 Å². The highest BCUT2D eigenvalue weighted by molar-refractivity contribution is 5.90. The Balaban J connectivity index is 1.25. The van der Waals surface area contributed by atoms with E-state index in [2.05, 4.69) is 34.9 Å². The Labute approximate surface area is 205 Å². The summed E-state index contributed by atoms with van der Waals surface area (Å²) in [6.07, 6.45) is 4.87. The van der Waals surface area contributed by atoms with E-state index in [1.165, 1.54) is 0 Å². The molecule has 2 atom stereocenters. The average Bonchev–Trinajstić information content (AvgIpc) is 3.46. The molecule has 35 heavy (non-hydrogen) atoms. The molecular formula is C28H32N2O5. The Hall–Kier alpha value is -3.35. The number of fused-ring (bicyclic) bond motifs is 3. The Morgan fingerprint density at radius 1 is 0.914 bits per heavy atom. The first-order chi connectivity index (χ1) is 17.0. The van der Waals surface area contributed by atoms with Gasteiger partial charge in [0.2, 0.25) is 5.91 Å². The Kier molecular flexibility index (Phi) is 6.50. The van der Waals surface area contributed by atoms with Crippen LogP contribution in [-0.2, 0) is 14.3 Å². The van der Waals surface area contributed by atoms with E-state index >= 15 is 0 Å². The summed E-state index contributed by atoms with van der Waals surface area (Å²) in [5.74, 6) is -1.50. The monoisotopic (exact) mass is 476 g/mol. The van der Waals surface area contributed by atoms with Crippen LogP contribution in [0.5, 0.6) is 0 Å². The summed E-state index contributed by atoms with van der Waals surface area (Å²) in [4.78, 5) is 37.6. The van der Waals surface area contributed by atoms with Gasteiger partial charge in [-0.1, -0.05) is 67.8 Å². The Morgan fingerprint density at radius 3 is 2.14 bits per heavy atom. The van der Waals surface area contributed by atoms with Gasteiger partial charge in [0.25, 0.3) is 0 Å². The summed E-state index contributed by atoms with van der Waals surface area (Å²) < 4.78 is 5.73. The molecule has 7 nitrogen and oxygen atoms in total. The van der Waals surface area contributed by atoms with E-state index in [0.29, 0.717) is 32.1 Å². The number of carboxylic acid groups (broad SMARTS) is 1. The normalized spacial score (nSPS) is 22.6. The number of benzene rings is 2. The number of carbonyl (C=O) groups is 3. The predicted octanol–water partition coefficient (Wildman–Crippen LogP) is 4.60. The quantitative estimate of drug-likeness (QED) is 0.565. The minimum atomic E-state index is -1.01. The third-order valence-corrected chi connectivity index (χ3v) is 7.94. The lowest BCUT2D eigenvalue weighted by Gasteiger charge is -2.37. The molecule has 3 aliphatic rings. The molecule has 0 saturated heterocycles. The van der Waals surface area contributed by atoms with Crippen molar-refractivity contribution in [2.75, 3.05) is 6.61 Å². The molecule has 2 aromatic carbocycles. The van der Waals surface area contributed by atoms with Crippen LogP contribution in [0.1, 0.15) is 68.4 Å². The minimum absolute atomic E-state index is 0.0456. The largest absolute Gasteiger partial charge is 0.481 e. The second-order valence-electron chi connectivity index (χ2n) is 10.1. The van der Waals surface area contributed by atoms with Gasteiger partial charge in [0.05, 0.1) is 5.92 Å². The van der Waals surface area contributed by atoms with Crippen molar-refractivity contribution in [1.82, 2.24) is 10.6 Å². The molecule has 0 bridgehead atoms. The molecule has 0 aromatic heterocycles. The zero-order chi connectivity index (χ0) is 24.4. The van der Waals surface area contributed by atoms with Gasteiger partial charge in [0, 0.05) is 12.0 Å². The lowest BCUT2D eigenvalue weighted by atomic mass is 9.80. The van der Waals surface area contributed by atoms with Crippen molar-refractivity contribution in [2.24, 2.45) is 5.92 Å². The topological polar surface area (TPSA) is 105 Å². The van der Waals surface area contributed by atoms with Crippen molar-refractivity contribution in [3.05, 3.63) is 59.7 Å². The van der Waals surface area contributed by atoms with Crippen LogP contribution in [0.25, 0.3) is 11.1 Å². The number of hydrogen-bond donors (Lipinski definition) is 3. The van der Waals surface area contributed by atoms with Crippen molar-refractivity contribution in [3.8, 4) is 11.1 Å². The summed E-state index contributed by atoms with van der Waals surface area (Å²) in [5.41, 5.74) is 3.59. The maximum absolute atomic E-state index is 13.3. The van der Waals surface area contributed by atoms with E-state index in [1.54, 1.807) is 0 Å². The van der Waals surface area contributed by atoms with E-state index < -0.39 is 23.5 Å². The molecule has 3 aliphatic carbocycles. The molecule has 7 heteroatoms. The van der Waals surface area contributed by atoms with Crippen molar-refractivity contribution in [1.29, 1.82) is 0 Å². The molecule has 2 unspecified atom stereocenters. The molecule has 2 aromatic rings. The van der Waals surface area contributed by atoms with Gasteiger partial charge in [-0.05, 0) is 54.4 Å². The standard InChI is InChI=1S/C28H32N2O5/c31-25(32)18-12-13-19(16-18)29-26(33)28(14-6-1-7-15-28)30-27(34)35-17-24-22-10-4-2-8-20(22)21-9-3-5-11-23(21)24/h2-5,8-11,18-19,24H,1,6-7,12-17H2,(H,29,33)(H,30,34)(H,31,32). The van der Waals surface area contributed by atoms with Crippen molar-refractivity contribution in [3.63, 3.8) is 0 Å². The molecule has 0 radical (unpaired) electrons. The van der Waals surface area contributed by atoms with E-state index in [4.69, 9.17) is 4.74 Å². The van der Waals surface area contributed by atoms with Crippen LogP contribution in [-0.4, -0.2) is 41.3 Å². The number of carbonyl (C=O) groups excluding carboxylic acids is 2. The first-order valence-corrected chi connectivity index (χ1v) is 12.6.